The molecular formula is C20H20N2O2. The quantitative estimate of drug-likeness (QED) is 0.727. The molecule has 0 bridgehead atoms. The largest absolute Gasteiger partial charge is 0.488 e. The normalized spacial score (nSPS) is 10.6. The first-order valence-corrected chi connectivity index (χ1v) is 7.91. The number of benzene rings is 2. The van der Waals surface area contributed by atoms with Crippen molar-refractivity contribution >= 4 is 5.91 Å². The van der Waals surface area contributed by atoms with Gasteiger partial charge in [0.2, 0.25) is 0 Å². The summed E-state index contributed by atoms with van der Waals surface area (Å²) < 4.78 is 7.33. The Labute approximate surface area is 141 Å². The van der Waals surface area contributed by atoms with Gasteiger partial charge < -0.3 is 4.74 Å². The molecule has 4 nitrogen and oxygen atoms in total. The number of aromatic nitrogens is 2. The monoisotopic (exact) mass is 320 g/mol. The van der Waals surface area contributed by atoms with Gasteiger partial charge in [0, 0.05) is 5.69 Å². The molecule has 2 aromatic carbocycles. The van der Waals surface area contributed by atoms with Gasteiger partial charge in [0.15, 0.2) is 0 Å². The second-order valence-corrected chi connectivity index (χ2v) is 5.78. The summed E-state index contributed by atoms with van der Waals surface area (Å²) in [6, 6.07) is 17.2. The fourth-order valence-corrected chi connectivity index (χ4v) is 2.54. The van der Waals surface area contributed by atoms with Crippen molar-refractivity contribution in [1.82, 2.24) is 9.78 Å². The number of aryl methyl sites for hydroxylation is 1. The Hall–Kier alpha value is -2.88. The second kappa shape index (κ2) is 6.71. The molecule has 0 aliphatic heterocycles. The third kappa shape index (κ3) is 3.08. The van der Waals surface area contributed by atoms with Gasteiger partial charge in [0.1, 0.15) is 12.4 Å². The molecule has 0 saturated heterocycles. The maximum Gasteiger partial charge on any atom is 0.282 e. The van der Waals surface area contributed by atoms with E-state index in [4.69, 9.17) is 4.74 Å². The van der Waals surface area contributed by atoms with Crippen LogP contribution in [-0.4, -0.2) is 15.7 Å². The van der Waals surface area contributed by atoms with Crippen LogP contribution in [0.2, 0.25) is 0 Å². The summed E-state index contributed by atoms with van der Waals surface area (Å²) in [7, 11) is 0. The summed E-state index contributed by atoms with van der Waals surface area (Å²) in [6.07, 6.45) is 0. The van der Waals surface area contributed by atoms with Crippen LogP contribution < -0.4 is 4.74 Å². The third-order valence-electron chi connectivity index (χ3n) is 4.20. The number of ether oxygens (including phenoxy) is 1. The molecule has 1 aromatic heterocycles. The van der Waals surface area contributed by atoms with E-state index < -0.39 is 0 Å². The van der Waals surface area contributed by atoms with E-state index in [0.29, 0.717) is 17.9 Å². The zero-order valence-electron chi connectivity index (χ0n) is 14.1. The first kappa shape index (κ1) is 16.0. The standard InChI is InChI=1S/C20H20N2O2/c1-14-15(2)21-22(16(14)3)20(23)18-11-7-8-12-19(18)24-13-17-9-5-4-6-10-17/h4-12H,13H2,1-3H3. The molecule has 0 fully saturated rings. The summed E-state index contributed by atoms with van der Waals surface area (Å²) in [4.78, 5) is 12.9. The SMILES string of the molecule is Cc1nn(C(=O)c2ccccc2OCc2ccccc2)c(C)c1C. The van der Waals surface area contributed by atoms with Crippen LogP contribution in [-0.2, 0) is 6.61 Å². The van der Waals surface area contributed by atoms with E-state index in [1.54, 1.807) is 6.07 Å². The molecule has 0 atom stereocenters. The minimum absolute atomic E-state index is 0.174. The Kier molecular flexibility index (Phi) is 4.47. The fourth-order valence-electron chi connectivity index (χ4n) is 2.54. The van der Waals surface area contributed by atoms with E-state index in [0.717, 1.165) is 22.5 Å². The van der Waals surface area contributed by atoms with Crippen LogP contribution in [0.15, 0.2) is 54.6 Å². The lowest BCUT2D eigenvalue weighted by molar-refractivity contribution is 0.0937. The Morgan fingerprint density at radius 2 is 1.67 bits per heavy atom. The number of carbonyl (C=O) groups excluding carboxylic acids is 1. The van der Waals surface area contributed by atoms with Crippen LogP contribution in [0.4, 0.5) is 0 Å². The predicted molar refractivity (Wildman–Crippen MR) is 93.4 cm³/mol. The van der Waals surface area contributed by atoms with E-state index in [-0.39, 0.29) is 5.91 Å². The van der Waals surface area contributed by atoms with E-state index in [2.05, 4.69) is 5.10 Å². The number of nitrogens with zero attached hydrogens (tertiary/aromatic N) is 2. The van der Waals surface area contributed by atoms with Gasteiger partial charge in [0.05, 0.1) is 11.3 Å². The molecule has 122 valence electrons. The Morgan fingerprint density at radius 1 is 1.00 bits per heavy atom. The highest BCUT2D eigenvalue weighted by Gasteiger charge is 2.19. The summed E-state index contributed by atoms with van der Waals surface area (Å²) in [5, 5.41) is 4.36. The first-order valence-electron chi connectivity index (χ1n) is 7.91. The fraction of sp³-hybridized carbons (Fsp3) is 0.200. The van der Waals surface area contributed by atoms with Gasteiger partial charge >= 0.3 is 0 Å². The van der Waals surface area contributed by atoms with Gasteiger partial charge in [-0.05, 0) is 44.0 Å². The molecule has 0 N–H and O–H groups in total. The minimum atomic E-state index is -0.174. The molecule has 0 saturated carbocycles. The number of para-hydroxylation sites is 1. The van der Waals surface area contributed by atoms with Crippen molar-refractivity contribution < 1.29 is 9.53 Å². The number of rotatable bonds is 4. The summed E-state index contributed by atoms with van der Waals surface area (Å²) >= 11 is 0. The van der Waals surface area contributed by atoms with Crippen LogP contribution in [0.3, 0.4) is 0 Å². The van der Waals surface area contributed by atoms with Crippen LogP contribution in [0, 0.1) is 20.8 Å². The minimum Gasteiger partial charge on any atom is -0.488 e. The maximum absolute atomic E-state index is 12.9. The van der Waals surface area contributed by atoms with Gasteiger partial charge in [-0.15, -0.1) is 0 Å². The smallest absolute Gasteiger partial charge is 0.282 e. The molecular weight excluding hydrogens is 300 g/mol. The maximum atomic E-state index is 12.9. The number of hydrogen-bond acceptors (Lipinski definition) is 3. The lowest BCUT2D eigenvalue weighted by atomic mass is 10.1. The lowest BCUT2D eigenvalue weighted by Crippen LogP contribution is -2.16. The van der Waals surface area contributed by atoms with Crippen molar-refractivity contribution in [3.63, 3.8) is 0 Å². The van der Waals surface area contributed by atoms with Gasteiger partial charge in [-0.1, -0.05) is 42.5 Å². The number of hydrogen-bond donors (Lipinski definition) is 0. The topological polar surface area (TPSA) is 44.1 Å². The molecule has 3 rings (SSSR count). The van der Waals surface area contributed by atoms with Crippen LogP contribution in [0.5, 0.6) is 5.75 Å². The zero-order chi connectivity index (χ0) is 17.1. The van der Waals surface area contributed by atoms with Gasteiger partial charge in [0.25, 0.3) is 5.91 Å². The second-order valence-electron chi connectivity index (χ2n) is 5.78. The molecule has 0 radical (unpaired) electrons. The molecule has 0 aliphatic rings. The average molecular weight is 320 g/mol. The molecule has 4 heteroatoms. The average Bonchev–Trinajstić information content (AvgIpc) is 2.88. The van der Waals surface area contributed by atoms with Crippen molar-refractivity contribution in [2.45, 2.75) is 27.4 Å². The highest BCUT2D eigenvalue weighted by Crippen LogP contribution is 2.22. The summed E-state index contributed by atoms with van der Waals surface area (Å²) in [5.41, 5.74) is 4.32. The Bertz CT molecular complexity index is 867. The highest BCUT2D eigenvalue weighted by molar-refractivity contribution is 5.98. The predicted octanol–water partition coefficient (Wildman–Crippen LogP) is 4.08. The molecule has 1 heterocycles. The van der Waals surface area contributed by atoms with E-state index in [9.17, 15) is 4.79 Å². The first-order chi connectivity index (χ1) is 11.6. The van der Waals surface area contributed by atoms with Crippen molar-refractivity contribution in [3.05, 3.63) is 82.7 Å². The van der Waals surface area contributed by atoms with Crippen LogP contribution >= 0.6 is 0 Å². The molecule has 24 heavy (non-hydrogen) atoms. The van der Waals surface area contributed by atoms with Crippen LogP contribution in [0.25, 0.3) is 0 Å². The Balaban J connectivity index is 1.88. The molecule has 0 aliphatic carbocycles. The summed E-state index contributed by atoms with van der Waals surface area (Å²) in [5.74, 6) is 0.393. The van der Waals surface area contributed by atoms with Gasteiger partial charge in [-0.25, -0.2) is 4.68 Å². The van der Waals surface area contributed by atoms with Crippen molar-refractivity contribution in [2.24, 2.45) is 0 Å². The van der Waals surface area contributed by atoms with E-state index in [1.807, 2.05) is 69.3 Å². The van der Waals surface area contributed by atoms with Gasteiger partial charge in [-0.3, -0.25) is 4.79 Å². The number of carbonyl (C=O) groups is 1. The summed E-state index contributed by atoms with van der Waals surface area (Å²) in [6.45, 7) is 6.20. The van der Waals surface area contributed by atoms with E-state index >= 15 is 0 Å². The zero-order valence-corrected chi connectivity index (χ0v) is 14.1. The third-order valence-corrected chi connectivity index (χ3v) is 4.20. The van der Waals surface area contributed by atoms with Crippen molar-refractivity contribution in [3.8, 4) is 5.75 Å². The molecule has 3 aromatic rings. The lowest BCUT2D eigenvalue weighted by Gasteiger charge is -2.11. The van der Waals surface area contributed by atoms with Crippen LogP contribution in [0.1, 0.15) is 32.9 Å². The molecule has 0 unspecified atom stereocenters. The van der Waals surface area contributed by atoms with Crippen molar-refractivity contribution in [1.29, 1.82) is 0 Å². The molecule has 0 amide bonds. The van der Waals surface area contributed by atoms with Crippen molar-refractivity contribution in [2.75, 3.05) is 0 Å². The highest BCUT2D eigenvalue weighted by atomic mass is 16.5. The Morgan fingerprint density at radius 3 is 2.33 bits per heavy atom. The van der Waals surface area contributed by atoms with E-state index in [1.165, 1.54) is 4.68 Å². The van der Waals surface area contributed by atoms with Gasteiger partial charge in [-0.2, -0.15) is 5.10 Å². The molecule has 0 spiro atoms.